The normalized spacial score (nSPS) is 15.8. The molecular formula is C24H22F3N7O2S. The van der Waals surface area contributed by atoms with Crippen LogP contribution in [0.5, 0.6) is 0 Å². The lowest BCUT2D eigenvalue weighted by Crippen LogP contribution is -2.24. The van der Waals surface area contributed by atoms with E-state index in [1.807, 2.05) is 31.2 Å². The maximum Gasteiger partial charge on any atom is 0.451 e. The first kappa shape index (κ1) is 24.8. The fourth-order valence-corrected chi connectivity index (χ4v) is 5.56. The zero-order valence-electron chi connectivity index (χ0n) is 19.6. The lowest BCUT2D eigenvalue weighted by Gasteiger charge is -2.24. The van der Waals surface area contributed by atoms with E-state index >= 15 is 0 Å². The average Bonchev–Trinajstić information content (AvgIpc) is 3.38. The number of H-pyrrole nitrogens is 1. The van der Waals surface area contributed by atoms with Gasteiger partial charge in [-0.05, 0) is 52.3 Å². The van der Waals surface area contributed by atoms with Crippen molar-refractivity contribution in [3.63, 3.8) is 0 Å². The molecule has 2 heterocycles. The Morgan fingerprint density at radius 2 is 1.78 bits per heavy atom. The van der Waals surface area contributed by atoms with Gasteiger partial charge in [-0.2, -0.15) is 13.2 Å². The van der Waals surface area contributed by atoms with Crippen LogP contribution in [-0.2, 0) is 34.8 Å². The minimum Gasteiger partial charge on any atom is -0.267 e. The number of nitrogens with one attached hydrogen (secondary N) is 2. The smallest absolute Gasteiger partial charge is 0.267 e. The van der Waals surface area contributed by atoms with Crippen LogP contribution in [0.3, 0.4) is 0 Å². The number of aromatic amines is 1. The van der Waals surface area contributed by atoms with Crippen LogP contribution < -0.4 is 4.72 Å². The molecule has 13 heteroatoms. The minimum absolute atomic E-state index is 0.150. The van der Waals surface area contributed by atoms with Gasteiger partial charge in [-0.25, -0.2) is 23.5 Å². The highest BCUT2D eigenvalue weighted by molar-refractivity contribution is 7.91. The lowest BCUT2D eigenvalue weighted by molar-refractivity contribution is -0.145. The predicted molar refractivity (Wildman–Crippen MR) is 130 cm³/mol. The van der Waals surface area contributed by atoms with Crippen LogP contribution in [0.15, 0.2) is 48.5 Å². The summed E-state index contributed by atoms with van der Waals surface area (Å²) in [5, 5.41) is 13.9. The van der Waals surface area contributed by atoms with Gasteiger partial charge in [-0.3, -0.25) is 4.72 Å². The number of nitrogens with zero attached hydrogens (tertiary/aromatic N) is 5. The fourth-order valence-electron chi connectivity index (χ4n) is 4.39. The third-order valence-corrected chi connectivity index (χ3v) is 7.39. The monoisotopic (exact) mass is 529 g/mol. The van der Waals surface area contributed by atoms with E-state index in [2.05, 4.69) is 35.3 Å². The van der Waals surface area contributed by atoms with Crippen LogP contribution in [0, 0.1) is 5.92 Å². The van der Waals surface area contributed by atoms with Crippen molar-refractivity contribution in [1.82, 2.24) is 30.6 Å². The van der Waals surface area contributed by atoms with E-state index in [0.717, 1.165) is 16.7 Å². The van der Waals surface area contributed by atoms with Crippen molar-refractivity contribution in [3.8, 4) is 22.5 Å². The first-order valence-corrected chi connectivity index (χ1v) is 13.1. The molecule has 0 amide bonds. The minimum atomic E-state index is -4.79. The molecule has 0 aliphatic heterocycles. The van der Waals surface area contributed by atoms with E-state index in [4.69, 9.17) is 0 Å². The van der Waals surface area contributed by atoms with Gasteiger partial charge in [0.15, 0.2) is 5.82 Å². The van der Waals surface area contributed by atoms with Crippen molar-refractivity contribution in [1.29, 1.82) is 0 Å². The van der Waals surface area contributed by atoms with Gasteiger partial charge in [-0.15, -0.1) is 5.10 Å². The Morgan fingerprint density at radius 3 is 2.46 bits per heavy atom. The number of hydrogen-bond donors (Lipinski definition) is 2. The highest BCUT2D eigenvalue weighted by Gasteiger charge is 2.37. The van der Waals surface area contributed by atoms with Gasteiger partial charge in [0.05, 0.1) is 11.4 Å². The Labute approximate surface area is 210 Å². The van der Waals surface area contributed by atoms with Gasteiger partial charge in [0.25, 0.3) is 0 Å². The number of hydrogen-bond acceptors (Lipinski definition) is 7. The lowest BCUT2D eigenvalue weighted by atomic mass is 9.88. The highest BCUT2D eigenvalue weighted by Crippen LogP contribution is 2.34. The molecule has 1 unspecified atom stereocenters. The van der Waals surface area contributed by atoms with Crippen LogP contribution in [0.4, 0.5) is 19.0 Å². The molecule has 2 N–H and O–H groups in total. The summed E-state index contributed by atoms with van der Waals surface area (Å²) in [6.45, 7) is 1.92. The van der Waals surface area contributed by atoms with Gasteiger partial charge in [0.2, 0.25) is 15.8 Å². The van der Waals surface area contributed by atoms with Gasteiger partial charge in [0, 0.05) is 11.1 Å². The molecule has 0 fully saturated rings. The molecule has 2 aromatic carbocycles. The van der Waals surface area contributed by atoms with Gasteiger partial charge >= 0.3 is 6.18 Å². The molecule has 1 atom stereocenters. The van der Waals surface area contributed by atoms with Crippen molar-refractivity contribution < 1.29 is 21.6 Å². The molecule has 0 spiro atoms. The van der Waals surface area contributed by atoms with E-state index < -0.39 is 27.8 Å². The van der Waals surface area contributed by atoms with E-state index in [0.29, 0.717) is 36.2 Å². The van der Waals surface area contributed by atoms with E-state index in [1.165, 1.54) is 0 Å². The number of alkyl halides is 3. The third-order valence-electron chi connectivity index (χ3n) is 6.18. The highest BCUT2D eigenvalue weighted by atomic mass is 32.2. The van der Waals surface area contributed by atoms with Crippen LogP contribution in [-0.4, -0.2) is 39.0 Å². The Morgan fingerprint density at radius 1 is 1.05 bits per heavy atom. The largest absolute Gasteiger partial charge is 0.451 e. The molecule has 4 aromatic rings. The predicted octanol–water partition coefficient (Wildman–Crippen LogP) is 4.41. The van der Waals surface area contributed by atoms with Crippen molar-refractivity contribution in [2.75, 3.05) is 4.72 Å². The maximum atomic E-state index is 13.4. The SMILES string of the molecule is CC1CCc2c(nc(C(F)(F)F)nc2NS(=O)(=O)Cc2ccc(-c3ccccc3-c3nnn[nH]3)cc2)C1. The molecule has 192 valence electrons. The summed E-state index contributed by atoms with van der Waals surface area (Å²) < 4.78 is 68.4. The molecule has 0 radical (unpaired) electrons. The van der Waals surface area contributed by atoms with Gasteiger partial charge < -0.3 is 0 Å². The molecule has 5 rings (SSSR count). The van der Waals surface area contributed by atoms with Crippen LogP contribution in [0.1, 0.15) is 36.0 Å². The molecular weight excluding hydrogens is 507 g/mol. The Kier molecular flexibility index (Phi) is 6.40. The van der Waals surface area contributed by atoms with Crippen molar-refractivity contribution >= 4 is 15.8 Å². The zero-order chi connectivity index (χ0) is 26.2. The van der Waals surface area contributed by atoms with Crippen molar-refractivity contribution in [3.05, 3.63) is 71.2 Å². The Balaban J connectivity index is 1.39. The second kappa shape index (κ2) is 9.54. The summed E-state index contributed by atoms with van der Waals surface area (Å²) in [5.41, 5.74) is 3.55. The van der Waals surface area contributed by atoms with E-state index in [1.54, 1.807) is 24.3 Å². The first-order valence-electron chi connectivity index (χ1n) is 11.5. The Hall–Kier alpha value is -3.87. The van der Waals surface area contributed by atoms with Crippen LogP contribution in [0.25, 0.3) is 22.5 Å². The number of aromatic nitrogens is 6. The summed E-state index contributed by atoms with van der Waals surface area (Å²) in [6.07, 6.45) is -3.34. The van der Waals surface area contributed by atoms with Crippen LogP contribution in [0.2, 0.25) is 0 Å². The molecule has 1 aliphatic carbocycles. The number of anilines is 1. The third kappa shape index (κ3) is 5.45. The summed E-state index contributed by atoms with van der Waals surface area (Å²) in [4.78, 5) is 7.24. The standard InChI is InChI=1S/C24H22F3N7O2S/c1-14-6-11-19-20(12-14)28-23(24(25,26)27)29-21(19)32-37(35,36)13-15-7-9-16(10-8-15)17-4-2-3-5-18(17)22-30-33-34-31-22/h2-5,7-10,14H,6,11-13H2,1H3,(H,28,29,32)(H,30,31,33,34). The number of rotatable bonds is 6. The van der Waals surface area contributed by atoms with Crippen LogP contribution >= 0.6 is 0 Å². The maximum absolute atomic E-state index is 13.4. The molecule has 0 bridgehead atoms. The van der Waals surface area contributed by atoms with Gasteiger partial charge in [0.1, 0.15) is 5.82 Å². The second-order valence-corrected chi connectivity index (χ2v) is 10.7. The number of fused-ring (bicyclic) bond motifs is 1. The van der Waals surface area contributed by atoms with E-state index in [9.17, 15) is 21.6 Å². The number of tetrazole rings is 1. The number of sulfonamides is 1. The quantitative estimate of drug-likeness (QED) is 0.379. The summed E-state index contributed by atoms with van der Waals surface area (Å²) >= 11 is 0. The molecule has 37 heavy (non-hydrogen) atoms. The average molecular weight is 530 g/mol. The number of benzene rings is 2. The topological polar surface area (TPSA) is 126 Å². The molecule has 1 aliphatic rings. The summed E-state index contributed by atoms with van der Waals surface area (Å²) in [7, 11) is -4.06. The molecule has 0 saturated carbocycles. The molecule has 2 aromatic heterocycles. The zero-order valence-corrected chi connectivity index (χ0v) is 20.4. The summed E-state index contributed by atoms with van der Waals surface area (Å²) in [6, 6.07) is 14.3. The molecule has 0 saturated heterocycles. The van der Waals surface area contributed by atoms with E-state index in [-0.39, 0.29) is 17.4 Å². The van der Waals surface area contributed by atoms with Crippen molar-refractivity contribution in [2.45, 2.75) is 38.1 Å². The van der Waals surface area contributed by atoms with Crippen molar-refractivity contribution in [2.24, 2.45) is 5.92 Å². The second-order valence-electron chi connectivity index (χ2n) is 9.02. The number of halogens is 3. The Bertz CT molecular complexity index is 1520. The van der Waals surface area contributed by atoms with Gasteiger partial charge in [-0.1, -0.05) is 55.5 Å². The first-order chi connectivity index (χ1) is 17.6. The molecule has 9 nitrogen and oxygen atoms in total. The fraction of sp³-hybridized carbons (Fsp3) is 0.292. The summed E-state index contributed by atoms with van der Waals surface area (Å²) in [5.74, 6) is -1.43.